The Morgan fingerprint density at radius 2 is 2.18 bits per heavy atom. The van der Waals surface area contributed by atoms with Crippen LogP contribution in [0.4, 0.5) is 5.95 Å². The Bertz CT molecular complexity index is 621. The van der Waals surface area contributed by atoms with Gasteiger partial charge in [-0.3, -0.25) is 9.69 Å². The largest absolute Gasteiger partial charge is 0.357 e. The fraction of sp³-hybridized carbons (Fsp3) is 0.600. The van der Waals surface area contributed by atoms with Gasteiger partial charge in [0, 0.05) is 31.9 Å². The second-order valence-corrected chi connectivity index (χ2v) is 5.83. The van der Waals surface area contributed by atoms with E-state index in [9.17, 15) is 10.1 Å². The van der Waals surface area contributed by atoms with E-state index in [1.54, 1.807) is 18.0 Å². The molecule has 2 fully saturated rings. The zero-order valence-corrected chi connectivity index (χ0v) is 12.9. The zero-order valence-electron chi connectivity index (χ0n) is 12.9. The Hall–Kier alpha value is -2.20. The van der Waals surface area contributed by atoms with E-state index in [0.29, 0.717) is 30.8 Å². The van der Waals surface area contributed by atoms with Crippen LogP contribution in [0.3, 0.4) is 0 Å². The molecule has 0 bridgehead atoms. The van der Waals surface area contributed by atoms with Gasteiger partial charge in [-0.15, -0.1) is 0 Å². The summed E-state index contributed by atoms with van der Waals surface area (Å²) in [5.74, 6) is 0.314. The second-order valence-electron chi connectivity index (χ2n) is 5.83. The van der Waals surface area contributed by atoms with E-state index >= 15 is 0 Å². The first-order valence-electron chi connectivity index (χ1n) is 7.60. The molecule has 2 aliphatic rings. The Kier molecular flexibility index (Phi) is 3.94. The highest BCUT2D eigenvalue weighted by molar-refractivity contribution is 5.92. The first kappa shape index (κ1) is 14.7. The number of rotatable bonds is 3. The Morgan fingerprint density at radius 3 is 2.82 bits per heavy atom. The Balaban J connectivity index is 1.75. The summed E-state index contributed by atoms with van der Waals surface area (Å²) < 4.78 is 0. The van der Waals surface area contributed by atoms with Gasteiger partial charge in [-0.2, -0.15) is 5.26 Å². The molecule has 1 unspecified atom stereocenters. The summed E-state index contributed by atoms with van der Waals surface area (Å²) in [6, 6.07) is 4.35. The molecule has 2 heterocycles. The lowest BCUT2D eigenvalue weighted by Gasteiger charge is -2.38. The van der Waals surface area contributed by atoms with Gasteiger partial charge >= 0.3 is 0 Å². The molecule has 1 saturated heterocycles. The quantitative estimate of drug-likeness (QED) is 0.881. The summed E-state index contributed by atoms with van der Waals surface area (Å²) in [4.78, 5) is 25.0. The maximum atomic E-state index is 12.7. The third-order valence-electron chi connectivity index (χ3n) is 4.17. The summed E-state index contributed by atoms with van der Waals surface area (Å²) in [5, 5.41) is 12.2. The molecule has 1 aliphatic carbocycles. The van der Waals surface area contributed by atoms with Gasteiger partial charge < -0.3 is 10.2 Å². The molecule has 22 heavy (non-hydrogen) atoms. The van der Waals surface area contributed by atoms with Gasteiger partial charge in [-0.25, -0.2) is 9.97 Å². The number of carbonyl (C=O) groups is 1. The Labute approximate surface area is 129 Å². The van der Waals surface area contributed by atoms with Crippen LogP contribution < -0.4 is 5.32 Å². The summed E-state index contributed by atoms with van der Waals surface area (Å²) in [5.41, 5.74) is 1.13. The molecule has 3 rings (SSSR count). The fourth-order valence-electron chi connectivity index (χ4n) is 2.89. The zero-order chi connectivity index (χ0) is 15.7. The van der Waals surface area contributed by atoms with E-state index < -0.39 is 0 Å². The molecule has 1 aliphatic heterocycles. The minimum Gasteiger partial charge on any atom is -0.357 e. The minimum atomic E-state index is -0.211. The summed E-state index contributed by atoms with van der Waals surface area (Å²) >= 11 is 0. The van der Waals surface area contributed by atoms with Crippen molar-refractivity contribution in [1.82, 2.24) is 19.8 Å². The van der Waals surface area contributed by atoms with Gasteiger partial charge in [-0.1, -0.05) is 0 Å². The van der Waals surface area contributed by atoms with Crippen molar-refractivity contribution in [3.8, 4) is 6.07 Å². The van der Waals surface area contributed by atoms with Crippen molar-refractivity contribution in [2.75, 3.05) is 32.0 Å². The molecule has 7 nitrogen and oxygen atoms in total. The topological polar surface area (TPSA) is 85.2 Å². The average Bonchev–Trinajstić information content (AvgIpc) is 3.37. The molecule has 1 aromatic heterocycles. The van der Waals surface area contributed by atoms with Gasteiger partial charge in [0.1, 0.15) is 11.7 Å². The van der Waals surface area contributed by atoms with Crippen molar-refractivity contribution in [2.24, 2.45) is 0 Å². The SMILES string of the molecule is CNc1nc(C)cc(C(=O)N2CCN(C3CC3)C(C#N)C2)n1. The number of aryl methyl sites for hydroxylation is 1. The molecular formula is C15H20N6O. The van der Waals surface area contributed by atoms with Crippen LogP contribution in [0.2, 0.25) is 0 Å². The van der Waals surface area contributed by atoms with Crippen LogP contribution in [0, 0.1) is 18.3 Å². The Morgan fingerprint density at radius 1 is 1.41 bits per heavy atom. The van der Waals surface area contributed by atoms with Crippen molar-refractivity contribution in [3.63, 3.8) is 0 Å². The monoisotopic (exact) mass is 300 g/mol. The molecule has 0 radical (unpaired) electrons. The number of piperazine rings is 1. The third kappa shape index (κ3) is 2.88. The molecule has 0 aromatic carbocycles. The molecule has 1 saturated carbocycles. The van der Waals surface area contributed by atoms with E-state index in [-0.39, 0.29) is 11.9 Å². The normalized spacial score (nSPS) is 22.2. The predicted molar refractivity (Wildman–Crippen MR) is 81.3 cm³/mol. The maximum Gasteiger partial charge on any atom is 0.272 e. The molecule has 1 aromatic rings. The average molecular weight is 300 g/mol. The van der Waals surface area contributed by atoms with Crippen molar-refractivity contribution < 1.29 is 4.79 Å². The van der Waals surface area contributed by atoms with Gasteiger partial charge in [0.25, 0.3) is 5.91 Å². The van der Waals surface area contributed by atoms with E-state index in [1.807, 2.05) is 6.92 Å². The number of nitrogens with one attached hydrogen (secondary N) is 1. The highest BCUT2D eigenvalue weighted by Crippen LogP contribution is 2.30. The van der Waals surface area contributed by atoms with Crippen molar-refractivity contribution >= 4 is 11.9 Å². The first-order valence-corrected chi connectivity index (χ1v) is 7.60. The second kappa shape index (κ2) is 5.89. The van der Waals surface area contributed by atoms with Crippen LogP contribution in [-0.4, -0.2) is 64.4 Å². The number of hydrogen-bond donors (Lipinski definition) is 1. The lowest BCUT2D eigenvalue weighted by atomic mass is 10.1. The van der Waals surface area contributed by atoms with Crippen LogP contribution in [0.5, 0.6) is 0 Å². The highest BCUT2D eigenvalue weighted by atomic mass is 16.2. The van der Waals surface area contributed by atoms with Crippen molar-refractivity contribution in [1.29, 1.82) is 5.26 Å². The summed E-state index contributed by atoms with van der Waals surface area (Å²) in [7, 11) is 1.73. The third-order valence-corrected chi connectivity index (χ3v) is 4.17. The standard InChI is InChI=1S/C15H20N6O/c1-10-7-13(19-15(17-2)18-10)14(22)20-5-6-21(11-3-4-11)12(8-16)9-20/h7,11-12H,3-6,9H2,1-2H3,(H,17,18,19). The minimum absolute atomic E-state index is 0.127. The number of carbonyl (C=O) groups excluding carboxylic acids is 1. The summed E-state index contributed by atoms with van der Waals surface area (Å²) in [6.07, 6.45) is 2.34. The van der Waals surface area contributed by atoms with Gasteiger partial charge in [0.15, 0.2) is 0 Å². The van der Waals surface area contributed by atoms with Gasteiger partial charge in [-0.05, 0) is 25.8 Å². The van der Waals surface area contributed by atoms with Crippen LogP contribution in [0.15, 0.2) is 6.07 Å². The van der Waals surface area contributed by atoms with E-state index in [4.69, 9.17) is 0 Å². The van der Waals surface area contributed by atoms with Crippen molar-refractivity contribution in [2.45, 2.75) is 31.8 Å². The molecule has 1 N–H and O–H groups in total. The van der Waals surface area contributed by atoms with E-state index in [1.165, 1.54) is 12.8 Å². The molecule has 7 heteroatoms. The van der Waals surface area contributed by atoms with E-state index in [0.717, 1.165) is 12.2 Å². The lowest BCUT2D eigenvalue weighted by molar-refractivity contribution is 0.0545. The molecule has 1 atom stereocenters. The smallest absolute Gasteiger partial charge is 0.272 e. The van der Waals surface area contributed by atoms with Crippen LogP contribution >= 0.6 is 0 Å². The molecule has 116 valence electrons. The first-order chi connectivity index (χ1) is 10.6. The maximum absolute atomic E-state index is 12.7. The lowest BCUT2D eigenvalue weighted by Crippen LogP contribution is -2.55. The van der Waals surface area contributed by atoms with Crippen LogP contribution in [0.25, 0.3) is 0 Å². The number of anilines is 1. The summed E-state index contributed by atoms with van der Waals surface area (Å²) in [6.45, 7) is 3.69. The number of aromatic nitrogens is 2. The molecule has 1 amide bonds. The highest BCUT2D eigenvalue weighted by Gasteiger charge is 2.38. The number of hydrogen-bond acceptors (Lipinski definition) is 6. The van der Waals surface area contributed by atoms with Crippen LogP contribution in [0.1, 0.15) is 29.0 Å². The van der Waals surface area contributed by atoms with Gasteiger partial charge in [0.2, 0.25) is 5.95 Å². The fourth-order valence-corrected chi connectivity index (χ4v) is 2.89. The number of nitriles is 1. The number of nitrogens with zero attached hydrogens (tertiary/aromatic N) is 5. The molecular weight excluding hydrogens is 280 g/mol. The van der Waals surface area contributed by atoms with Crippen molar-refractivity contribution in [3.05, 3.63) is 17.5 Å². The van der Waals surface area contributed by atoms with Gasteiger partial charge in [0.05, 0.1) is 12.6 Å². The molecule has 0 spiro atoms. The van der Waals surface area contributed by atoms with Crippen LogP contribution in [-0.2, 0) is 0 Å². The number of amides is 1. The van der Waals surface area contributed by atoms with E-state index in [2.05, 4.69) is 26.3 Å². The predicted octanol–water partition coefficient (Wildman–Crippen LogP) is 0.639.